The summed E-state index contributed by atoms with van der Waals surface area (Å²) in [7, 11) is 0. The number of carboxylic acid groups (broad SMARTS) is 1. The number of hydrogen-bond donors (Lipinski definition) is 1. The van der Waals surface area contributed by atoms with Crippen molar-refractivity contribution in [3.05, 3.63) is 30.3 Å². The molecule has 98 valence electrons. The number of para-hydroxylation sites is 1. The minimum atomic E-state index is -0.952. The van der Waals surface area contributed by atoms with E-state index >= 15 is 0 Å². The minimum absolute atomic E-state index is 0.0897. The molecule has 0 saturated carbocycles. The molecule has 0 aliphatic carbocycles. The van der Waals surface area contributed by atoms with Crippen LogP contribution in [0.2, 0.25) is 0 Å². The molecule has 0 bridgehead atoms. The Labute approximate surface area is 110 Å². The fourth-order valence-corrected chi connectivity index (χ4v) is 2.24. The van der Waals surface area contributed by atoms with E-state index in [0.29, 0.717) is 5.75 Å². The third-order valence-corrected chi connectivity index (χ3v) is 3.35. The van der Waals surface area contributed by atoms with E-state index in [1.807, 2.05) is 18.2 Å². The number of benzene rings is 1. The molecule has 0 aliphatic rings. The van der Waals surface area contributed by atoms with Crippen LogP contribution in [0.25, 0.3) is 0 Å². The van der Waals surface area contributed by atoms with Gasteiger partial charge in [0.1, 0.15) is 17.8 Å². The standard InChI is InChI=1S/C13H16O4S/c1-9(17-11-6-4-3-5-7-11)12(13(15)16)8-18-10(2)14/h3-7,9,12H,8H2,1-2H3,(H,15,16). The highest BCUT2D eigenvalue weighted by molar-refractivity contribution is 8.13. The summed E-state index contributed by atoms with van der Waals surface area (Å²) in [6.45, 7) is 3.12. The monoisotopic (exact) mass is 268 g/mol. The van der Waals surface area contributed by atoms with E-state index in [1.165, 1.54) is 6.92 Å². The molecule has 0 saturated heterocycles. The van der Waals surface area contributed by atoms with Crippen LogP contribution in [0, 0.1) is 5.92 Å². The molecule has 1 aromatic carbocycles. The first kappa shape index (κ1) is 14.6. The number of hydrogen-bond acceptors (Lipinski definition) is 4. The van der Waals surface area contributed by atoms with E-state index in [-0.39, 0.29) is 10.9 Å². The average Bonchev–Trinajstić information content (AvgIpc) is 2.29. The summed E-state index contributed by atoms with van der Waals surface area (Å²) in [6.07, 6.45) is -0.489. The topological polar surface area (TPSA) is 63.6 Å². The Balaban J connectivity index is 2.62. The van der Waals surface area contributed by atoms with E-state index in [2.05, 4.69) is 0 Å². The Kier molecular flexibility index (Phi) is 5.71. The molecule has 0 amide bonds. The molecule has 0 fully saturated rings. The molecule has 0 spiro atoms. The summed E-state index contributed by atoms with van der Waals surface area (Å²) in [4.78, 5) is 22.0. The van der Waals surface area contributed by atoms with Crippen molar-refractivity contribution in [3.8, 4) is 5.75 Å². The van der Waals surface area contributed by atoms with Gasteiger partial charge in [0.15, 0.2) is 5.12 Å². The molecule has 2 unspecified atom stereocenters. The normalized spacial score (nSPS) is 13.7. The lowest BCUT2D eigenvalue weighted by Crippen LogP contribution is -2.32. The molecule has 0 aromatic heterocycles. The van der Waals surface area contributed by atoms with E-state index in [0.717, 1.165) is 11.8 Å². The van der Waals surface area contributed by atoms with Gasteiger partial charge in [0, 0.05) is 12.7 Å². The summed E-state index contributed by atoms with van der Waals surface area (Å²) < 4.78 is 5.56. The summed E-state index contributed by atoms with van der Waals surface area (Å²) in [5.74, 6) is -0.811. The fraction of sp³-hybridized carbons (Fsp3) is 0.385. The van der Waals surface area contributed by atoms with Gasteiger partial charge in [-0.3, -0.25) is 9.59 Å². The number of thioether (sulfide) groups is 1. The third kappa shape index (κ3) is 4.79. The van der Waals surface area contributed by atoms with Crippen molar-refractivity contribution in [2.24, 2.45) is 5.92 Å². The van der Waals surface area contributed by atoms with Gasteiger partial charge in [0.05, 0.1) is 0 Å². The second kappa shape index (κ2) is 7.06. The molecular formula is C13H16O4S. The lowest BCUT2D eigenvalue weighted by atomic mass is 10.1. The molecule has 5 heteroatoms. The molecule has 0 radical (unpaired) electrons. The van der Waals surface area contributed by atoms with Crippen molar-refractivity contribution < 1.29 is 19.4 Å². The van der Waals surface area contributed by atoms with Gasteiger partial charge in [-0.05, 0) is 19.1 Å². The first-order valence-electron chi connectivity index (χ1n) is 5.58. The molecule has 1 N–H and O–H groups in total. The van der Waals surface area contributed by atoms with Crippen molar-refractivity contribution in [1.29, 1.82) is 0 Å². The van der Waals surface area contributed by atoms with Crippen molar-refractivity contribution >= 4 is 22.8 Å². The molecule has 0 aliphatic heterocycles. The van der Waals surface area contributed by atoms with Crippen LogP contribution in [-0.4, -0.2) is 28.0 Å². The SMILES string of the molecule is CC(=O)SCC(C(=O)O)C(C)Oc1ccccc1. The number of carbonyl (C=O) groups is 2. The quantitative estimate of drug-likeness (QED) is 0.858. The van der Waals surface area contributed by atoms with Crippen LogP contribution in [0.15, 0.2) is 30.3 Å². The van der Waals surface area contributed by atoms with Gasteiger partial charge in [-0.2, -0.15) is 0 Å². The lowest BCUT2D eigenvalue weighted by molar-refractivity contribution is -0.143. The zero-order chi connectivity index (χ0) is 13.5. The number of aliphatic carboxylic acids is 1. The number of carbonyl (C=O) groups excluding carboxylic acids is 1. The largest absolute Gasteiger partial charge is 0.490 e. The molecule has 1 rings (SSSR count). The lowest BCUT2D eigenvalue weighted by Gasteiger charge is -2.20. The molecule has 0 heterocycles. The van der Waals surface area contributed by atoms with Gasteiger partial charge in [-0.25, -0.2) is 0 Å². The highest BCUT2D eigenvalue weighted by Gasteiger charge is 2.26. The van der Waals surface area contributed by atoms with Crippen LogP contribution >= 0.6 is 11.8 Å². The highest BCUT2D eigenvalue weighted by Crippen LogP contribution is 2.19. The fourth-order valence-electron chi connectivity index (χ4n) is 1.41. The molecule has 18 heavy (non-hydrogen) atoms. The summed E-state index contributed by atoms with van der Waals surface area (Å²) >= 11 is 1.01. The van der Waals surface area contributed by atoms with Gasteiger partial charge in [0.25, 0.3) is 0 Å². The Morgan fingerprint density at radius 2 is 1.94 bits per heavy atom. The van der Waals surface area contributed by atoms with E-state index in [9.17, 15) is 9.59 Å². The molecule has 1 aromatic rings. The zero-order valence-electron chi connectivity index (χ0n) is 10.3. The Hall–Kier alpha value is -1.49. The maximum Gasteiger partial charge on any atom is 0.311 e. The summed E-state index contributed by atoms with van der Waals surface area (Å²) in [6, 6.07) is 9.04. The summed E-state index contributed by atoms with van der Waals surface area (Å²) in [5, 5.41) is 9.04. The first-order valence-corrected chi connectivity index (χ1v) is 6.57. The first-order chi connectivity index (χ1) is 8.50. The van der Waals surface area contributed by atoms with E-state index in [1.54, 1.807) is 19.1 Å². The van der Waals surface area contributed by atoms with Gasteiger partial charge >= 0.3 is 5.97 Å². The van der Waals surface area contributed by atoms with Crippen LogP contribution in [0.4, 0.5) is 0 Å². The Morgan fingerprint density at radius 3 is 2.44 bits per heavy atom. The van der Waals surface area contributed by atoms with Gasteiger partial charge in [-0.1, -0.05) is 30.0 Å². The molecular weight excluding hydrogens is 252 g/mol. The van der Waals surface area contributed by atoms with Crippen molar-refractivity contribution in [2.45, 2.75) is 20.0 Å². The zero-order valence-corrected chi connectivity index (χ0v) is 11.1. The maximum absolute atomic E-state index is 11.1. The van der Waals surface area contributed by atoms with Gasteiger partial charge < -0.3 is 9.84 Å². The van der Waals surface area contributed by atoms with Crippen molar-refractivity contribution in [1.82, 2.24) is 0 Å². The second-order valence-electron chi connectivity index (χ2n) is 3.88. The van der Waals surface area contributed by atoms with Gasteiger partial charge in [0.2, 0.25) is 0 Å². The molecule has 2 atom stereocenters. The van der Waals surface area contributed by atoms with Crippen LogP contribution in [0.1, 0.15) is 13.8 Å². The van der Waals surface area contributed by atoms with Crippen LogP contribution < -0.4 is 4.74 Å². The van der Waals surface area contributed by atoms with E-state index in [4.69, 9.17) is 9.84 Å². The number of ether oxygens (including phenoxy) is 1. The predicted octanol–water partition coefficient (Wildman–Crippen LogP) is 2.43. The second-order valence-corrected chi connectivity index (χ2v) is 5.08. The van der Waals surface area contributed by atoms with Crippen molar-refractivity contribution in [3.63, 3.8) is 0 Å². The number of carboxylic acids is 1. The summed E-state index contributed by atoms with van der Waals surface area (Å²) in [5.41, 5.74) is 0. The predicted molar refractivity (Wildman–Crippen MR) is 70.8 cm³/mol. The van der Waals surface area contributed by atoms with E-state index < -0.39 is 18.0 Å². The minimum Gasteiger partial charge on any atom is -0.490 e. The maximum atomic E-state index is 11.1. The van der Waals surface area contributed by atoms with Gasteiger partial charge in [-0.15, -0.1) is 0 Å². The highest BCUT2D eigenvalue weighted by atomic mass is 32.2. The average molecular weight is 268 g/mol. The Morgan fingerprint density at radius 1 is 1.33 bits per heavy atom. The molecule has 4 nitrogen and oxygen atoms in total. The smallest absolute Gasteiger partial charge is 0.311 e. The van der Waals surface area contributed by atoms with Crippen LogP contribution in [0.5, 0.6) is 5.75 Å². The van der Waals surface area contributed by atoms with Crippen molar-refractivity contribution in [2.75, 3.05) is 5.75 Å². The van der Waals surface area contributed by atoms with Crippen LogP contribution in [0.3, 0.4) is 0 Å². The third-order valence-electron chi connectivity index (χ3n) is 2.42. The van der Waals surface area contributed by atoms with Crippen LogP contribution in [-0.2, 0) is 9.59 Å². The Bertz CT molecular complexity index is 405. The number of rotatable bonds is 6.